The molecule has 2 aromatic rings. The normalized spacial score (nSPS) is 23.1. The Balaban J connectivity index is 2.34. The first-order chi connectivity index (χ1) is 11.0. The van der Waals surface area contributed by atoms with Crippen LogP contribution in [0.4, 0.5) is 26.3 Å². The van der Waals surface area contributed by atoms with Crippen LogP contribution in [-0.2, 0) is 10.1 Å². The van der Waals surface area contributed by atoms with Crippen LogP contribution in [0.25, 0.3) is 0 Å². The Labute approximate surface area is 134 Å². The van der Waals surface area contributed by atoms with E-state index in [0.717, 1.165) is 12.1 Å². The van der Waals surface area contributed by atoms with Crippen LogP contribution >= 0.6 is 7.49 Å². The molecular formula is C16H12F6OP+. The van der Waals surface area contributed by atoms with Crippen LogP contribution in [0.1, 0.15) is 5.56 Å². The van der Waals surface area contributed by atoms with Gasteiger partial charge in [0, 0.05) is 0 Å². The van der Waals surface area contributed by atoms with Crippen LogP contribution in [0.5, 0.6) is 0 Å². The minimum absolute atomic E-state index is 0.0362. The van der Waals surface area contributed by atoms with Gasteiger partial charge in [-0.3, -0.25) is 0 Å². The van der Waals surface area contributed by atoms with E-state index in [0.29, 0.717) is 5.30 Å². The topological polar surface area (TPSA) is 9.23 Å². The fraction of sp³-hybridized carbons (Fsp3) is 0.250. The highest BCUT2D eigenvalue weighted by Crippen LogP contribution is 2.71. The summed E-state index contributed by atoms with van der Waals surface area (Å²) in [6.45, 7) is 1.33. The standard InChI is InChI=1S/C16H12F6OP/c1-24(11-7-3-2-4-8-11)13-10-6-5-9-12(13)14(23-24,15(17,18)19)16(20,21)22/h2-10H,1H3/q+1. The number of fused-ring (bicyclic) bond motifs is 1. The van der Waals surface area contributed by atoms with Crippen LogP contribution < -0.4 is 10.6 Å². The third-order valence-corrected chi connectivity index (χ3v) is 7.34. The van der Waals surface area contributed by atoms with E-state index >= 15 is 0 Å². The SMILES string of the molecule is C[P+]1(c2ccccc2)OC(C(F)(F)F)(C(F)(F)F)c2ccccc21. The molecule has 0 aromatic heterocycles. The van der Waals surface area contributed by atoms with Crippen molar-refractivity contribution < 1.29 is 30.9 Å². The molecule has 1 nitrogen and oxygen atoms in total. The smallest absolute Gasteiger partial charge is 0.197 e. The van der Waals surface area contributed by atoms with Crippen molar-refractivity contribution >= 4 is 18.1 Å². The number of benzene rings is 2. The quantitative estimate of drug-likeness (QED) is 0.532. The zero-order valence-electron chi connectivity index (χ0n) is 12.3. The summed E-state index contributed by atoms with van der Waals surface area (Å²) in [5.41, 5.74) is -5.18. The number of halogens is 6. The lowest BCUT2D eigenvalue weighted by molar-refractivity contribution is -0.361. The van der Waals surface area contributed by atoms with Crippen LogP contribution in [0.3, 0.4) is 0 Å². The largest absolute Gasteiger partial charge is 0.435 e. The van der Waals surface area contributed by atoms with Crippen LogP contribution in [-0.4, -0.2) is 19.0 Å². The van der Waals surface area contributed by atoms with Gasteiger partial charge >= 0.3 is 18.0 Å². The zero-order chi connectivity index (χ0) is 17.8. The molecule has 0 fully saturated rings. The van der Waals surface area contributed by atoms with Gasteiger partial charge in [-0.2, -0.15) is 30.9 Å². The van der Waals surface area contributed by atoms with Gasteiger partial charge in [0.1, 0.15) is 10.6 Å². The number of alkyl halides is 6. The Bertz CT molecular complexity index is 741. The van der Waals surface area contributed by atoms with Crippen LogP contribution in [0.15, 0.2) is 54.6 Å². The van der Waals surface area contributed by atoms with Crippen molar-refractivity contribution in [2.45, 2.75) is 18.0 Å². The predicted molar refractivity (Wildman–Crippen MR) is 79.9 cm³/mol. The van der Waals surface area contributed by atoms with E-state index in [2.05, 4.69) is 0 Å². The number of rotatable bonds is 1. The Morgan fingerprint density at radius 3 is 1.83 bits per heavy atom. The monoisotopic (exact) mass is 365 g/mol. The summed E-state index contributed by atoms with van der Waals surface area (Å²) in [6, 6.07) is 12.5. The first-order valence-corrected chi connectivity index (χ1v) is 9.06. The highest BCUT2D eigenvalue weighted by atomic mass is 31.2. The third kappa shape index (κ3) is 2.18. The molecule has 1 unspecified atom stereocenters. The lowest BCUT2D eigenvalue weighted by Crippen LogP contribution is -2.54. The molecule has 0 bridgehead atoms. The highest BCUT2D eigenvalue weighted by Gasteiger charge is 2.82. The van der Waals surface area contributed by atoms with Crippen molar-refractivity contribution in [2.75, 3.05) is 6.66 Å². The Morgan fingerprint density at radius 2 is 1.29 bits per heavy atom. The van der Waals surface area contributed by atoms with Crippen LogP contribution in [0, 0.1) is 0 Å². The van der Waals surface area contributed by atoms with E-state index in [4.69, 9.17) is 4.52 Å². The summed E-state index contributed by atoms with van der Waals surface area (Å²) < 4.78 is 86.7. The number of hydrogen-bond donors (Lipinski definition) is 0. The molecule has 2 aromatic carbocycles. The van der Waals surface area contributed by atoms with Crippen molar-refractivity contribution in [3.63, 3.8) is 0 Å². The Hall–Kier alpha value is -1.59. The van der Waals surface area contributed by atoms with Gasteiger partial charge in [-0.15, -0.1) is 0 Å². The number of hydrogen-bond acceptors (Lipinski definition) is 1. The minimum Gasteiger partial charge on any atom is -0.197 e. The first kappa shape index (κ1) is 17.2. The molecule has 128 valence electrons. The van der Waals surface area contributed by atoms with Crippen molar-refractivity contribution in [3.8, 4) is 0 Å². The van der Waals surface area contributed by atoms with Gasteiger partial charge in [-0.25, -0.2) is 0 Å². The second-order valence-corrected chi connectivity index (χ2v) is 8.57. The average molecular weight is 365 g/mol. The molecule has 0 N–H and O–H groups in total. The maximum Gasteiger partial charge on any atom is 0.435 e. The fourth-order valence-electron chi connectivity index (χ4n) is 2.99. The van der Waals surface area contributed by atoms with Crippen molar-refractivity contribution in [3.05, 3.63) is 60.2 Å². The molecule has 0 saturated heterocycles. The van der Waals surface area contributed by atoms with Gasteiger partial charge < -0.3 is 0 Å². The van der Waals surface area contributed by atoms with Gasteiger partial charge in [0.15, 0.2) is 0 Å². The Kier molecular flexibility index (Phi) is 3.74. The van der Waals surface area contributed by atoms with Gasteiger partial charge in [-0.1, -0.05) is 36.4 Å². The lowest BCUT2D eigenvalue weighted by atomic mass is 9.92. The molecule has 1 atom stereocenters. The Morgan fingerprint density at radius 1 is 0.792 bits per heavy atom. The molecule has 0 radical (unpaired) electrons. The van der Waals surface area contributed by atoms with Crippen molar-refractivity contribution in [1.29, 1.82) is 0 Å². The summed E-state index contributed by atoms with van der Waals surface area (Å²) in [5.74, 6) is 0. The van der Waals surface area contributed by atoms with E-state index in [1.807, 2.05) is 0 Å². The lowest BCUT2D eigenvalue weighted by Gasteiger charge is -2.32. The highest BCUT2D eigenvalue weighted by molar-refractivity contribution is 7.85. The van der Waals surface area contributed by atoms with Gasteiger partial charge in [0.05, 0.1) is 12.2 Å². The molecule has 24 heavy (non-hydrogen) atoms. The molecule has 0 aliphatic carbocycles. The molecule has 3 rings (SSSR count). The van der Waals surface area contributed by atoms with Gasteiger partial charge in [-0.05, 0) is 18.2 Å². The van der Waals surface area contributed by atoms with E-state index < -0.39 is 31.0 Å². The average Bonchev–Trinajstić information content (AvgIpc) is 2.80. The second-order valence-electron chi connectivity index (χ2n) is 5.54. The van der Waals surface area contributed by atoms with Gasteiger partial charge in [0.2, 0.25) is 7.49 Å². The minimum atomic E-state index is -5.63. The molecule has 0 spiro atoms. The molecule has 1 aliphatic rings. The zero-order valence-corrected chi connectivity index (χ0v) is 13.2. The third-order valence-electron chi connectivity index (χ3n) is 4.11. The van der Waals surface area contributed by atoms with E-state index in [1.165, 1.54) is 30.9 Å². The van der Waals surface area contributed by atoms with E-state index in [1.54, 1.807) is 18.2 Å². The molecule has 1 heterocycles. The van der Waals surface area contributed by atoms with E-state index in [-0.39, 0.29) is 5.30 Å². The summed E-state index contributed by atoms with van der Waals surface area (Å²) in [7, 11) is -3.32. The molecule has 1 aliphatic heterocycles. The van der Waals surface area contributed by atoms with E-state index in [9.17, 15) is 26.3 Å². The van der Waals surface area contributed by atoms with Crippen LogP contribution in [0.2, 0.25) is 0 Å². The summed E-state index contributed by atoms with van der Waals surface area (Å²) in [4.78, 5) is 0. The second kappa shape index (κ2) is 5.20. The predicted octanol–water partition coefficient (Wildman–Crippen LogP) is 4.55. The fourth-order valence-corrected chi connectivity index (χ4v) is 6.13. The maximum atomic E-state index is 13.6. The molecular weight excluding hydrogens is 353 g/mol. The van der Waals surface area contributed by atoms with Crippen molar-refractivity contribution in [1.82, 2.24) is 0 Å². The molecule has 8 heteroatoms. The summed E-state index contributed by atoms with van der Waals surface area (Å²) in [6.07, 6.45) is -11.3. The molecule has 0 amide bonds. The molecule has 0 saturated carbocycles. The maximum absolute atomic E-state index is 13.6. The summed E-state index contributed by atoms with van der Waals surface area (Å²) in [5, 5.41) is 0.290. The van der Waals surface area contributed by atoms with Crippen molar-refractivity contribution in [2.24, 2.45) is 0 Å². The summed E-state index contributed by atoms with van der Waals surface area (Å²) >= 11 is 0. The van der Waals surface area contributed by atoms with Gasteiger partial charge in [0.25, 0.3) is 0 Å². The first-order valence-electron chi connectivity index (χ1n) is 6.90.